The van der Waals surface area contributed by atoms with Crippen molar-refractivity contribution < 1.29 is 8.78 Å². The minimum absolute atomic E-state index is 0.218. The summed E-state index contributed by atoms with van der Waals surface area (Å²) in [5, 5.41) is 0. The Hall–Kier alpha value is -2.01. The Kier molecular flexibility index (Phi) is 2.91. The van der Waals surface area contributed by atoms with Crippen LogP contribution in [0.3, 0.4) is 0 Å². The highest BCUT2D eigenvalue weighted by atomic mass is 19.1. The standard InChI is InChI=1S/C14H13F2N3/c15-9-4-11-12(13(16)5-9)8-19(14(11)6-17)10-2-1-3-18-7-10/h1-5,7,14H,6,8,17H2. The van der Waals surface area contributed by atoms with Crippen molar-refractivity contribution in [2.75, 3.05) is 11.4 Å². The molecular formula is C14H13F2N3. The number of nitrogens with zero attached hydrogens (tertiary/aromatic N) is 2. The van der Waals surface area contributed by atoms with E-state index in [0.717, 1.165) is 11.8 Å². The molecule has 1 aliphatic rings. The van der Waals surface area contributed by atoms with Crippen molar-refractivity contribution in [3.63, 3.8) is 0 Å². The number of hydrogen-bond acceptors (Lipinski definition) is 3. The van der Waals surface area contributed by atoms with Gasteiger partial charge in [-0.3, -0.25) is 4.98 Å². The van der Waals surface area contributed by atoms with Crippen LogP contribution in [-0.2, 0) is 6.54 Å². The van der Waals surface area contributed by atoms with E-state index in [2.05, 4.69) is 4.98 Å². The highest BCUT2D eigenvalue weighted by Gasteiger charge is 2.32. The molecule has 0 saturated heterocycles. The molecule has 98 valence electrons. The monoisotopic (exact) mass is 261 g/mol. The molecule has 5 heteroatoms. The lowest BCUT2D eigenvalue weighted by molar-refractivity contribution is 0.573. The number of rotatable bonds is 2. The molecule has 0 amide bonds. The van der Waals surface area contributed by atoms with Gasteiger partial charge in [0.15, 0.2) is 0 Å². The van der Waals surface area contributed by atoms with Gasteiger partial charge in [0.1, 0.15) is 11.6 Å². The molecular weight excluding hydrogens is 248 g/mol. The van der Waals surface area contributed by atoms with Crippen LogP contribution in [0.5, 0.6) is 0 Å². The van der Waals surface area contributed by atoms with Gasteiger partial charge in [-0.1, -0.05) is 0 Å². The number of anilines is 1. The maximum atomic E-state index is 13.8. The second-order valence-electron chi connectivity index (χ2n) is 4.55. The zero-order valence-electron chi connectivity index (χ0n) is 10.2. The molecule has 3 nitrogen and oxygen atoms in total. The van der Waals surface area contributed by atoms with Crippen molar-refractivity contribution in [3.05, 3.63) is 59.4 Å². The van der Waals surface area contributed by atoms with Crippen molar-refractivity contribution >= 4 is 5.69 Å². The average Bonchev–Trinajstić information content (AvgIpc) is 2.78. The first-order chi connectivity index (χ1) is 9.20. The van der Waals surface area contributed by atoms with Crippen LogP contribution in [0.25, 0.3) is 0 Å². The molecule has 3 rings (SSSR count). The molecule has 1 atom stereocenters. The Bertz CT molecular complexity index is 601. The molecule has 0 radical (unpaired) electrons. The lowest BCUT2D eigenvalue weighted by atomic mass is 10.0. The van der Waals surface area contributed by atoms with Gasteiger partial charge in [0.05, 0.1) is 17.9 Å². The lowest BCUT2D eigenvalue weighted by Crippen LogP contribution is -2.27. The van der Waals surface area contributed by atoms with Crippen LogP contribution >= 0.6 is 0 Å². The fourth-order valence-electron chi connectivity index (χ4n) is 2.59. The highest BCUT2D eigenvalue weighted by molar-refractivity contribution is 5.54. The molecule has 0 aliphatic carbocycles. The van der Waals surface area contributed by atoms with Crippen LogP contribution in [0.15, 0.2) is 36.7 Å². The normalized spacial score (nSPS) is 17.6. The molecule has 0 bridgehead atoms. The number of halogens is 2. The summed E-state index contributed by atoms with van der Waals surface area (Å²) in [7, 11) is 0. The largest absolute Gasteiger partial charge is 0.357 e. The zero-order valence-corrected chi connectivity index (χ0v) is 10.2. The molecule has 1 aromatic carbocycles. The van der Waals surface area contributed by atoms with E-state index in [9.17, 15) is 8.78 Å². The summed E-state index contributed by atoms with van der Waals surface area (Å²) in [4.78, 5) is 6.00. The van der Waals surface area contributed by atoms with Crippen molar-refractivity contribution in [3.8, 4) is 0 Å². The minimum atomic E-state index is -0.567. The summed E-state index contributed by atoms with van der Waals surface area (Å²) in [5.41, 5.74) is 7.77. The molecule has 2 heterocycles. The Morgan fingerprint density at radius 3 is 2.89 bits per heavy atom. The summed E-state index contributed by atoms with van der Waals surface area (Å²) in [6, 6.07) is 5.76. The van der Waals surface area contributed by atoms with E-state index >= 15 is 0 Å². The summed E-state index contributed by atoms with van der Waals surface area (Å²) in [6.45, 7) is 0.680. The molecule has 2 aromatic rings. The van der Waals surface area contributed by atoms with Gasteiger partial charge in [-0.05, 0) is 23.8 Å². The summed E-state index contributed by atoms with van der Waals surface area (Å²) >= 11 is 0. The third kappa shape index (κ3) is 1.96. The minimum Gasteiger partial charge on any atom is -0.357 e. The third-order valence-corrected chi connectivity index (χ3v) is 3.46. The first kappa shape index (κ1) is 12.0. The van der Waals surface area contributed by atoms with Crippen LogP contribution in [0.4, 0.5) is 14.5 Å². The molecule has 0 saturated carbocycles. The molecule has 1 unspecified atom stereocenters. The smallest absolute Gasteiger partial charge is 0.131 e. The van der Waals surface area contributed by atoms with Crippen LogP contribution in [0.2, 0.25) is 0 Å². The summed E-state index contributed by atoms with van der Waals surface area (Å²) in [5.74, 6) is -1.08. The Morgan fingerprint density at radius 1 is 1.37 bits per heavy atom. The fraction of sp³-hybridized carbons (Fsp3) is 0.214. The van der Waals surface area contributed by atoms with E-state index in [4.69, 9.17) is 5.73 Å². The summed E-state index contributed by atoms with van der Waals surface area (Å²) < 4.78 is 27.2. The number of nitrogens with two attached hydrogens (primary N) is 1. The van der Waals surface area contributed by atoms with Crippen molar-refractivity contribution in [1.29, 1.82) is 0 Å². The summed E-state index contributed by atoms with van der Waals surface area (Å²) in [6.07, 6.45) is 3.37. The van der Waals surface area contributed by atoms with Crippen LogP contribution in [0, 0.1) is 11.6 Å². The van der Waals surface area contributed by atoms with Crippen molar-refractivity contribution in [1.82, 2.24) is 4.98 Å². The topological polar surface area (TPSA) is 42.1 Å². The molecule has 1 aromatic heterocycles. The Labute approximate surface area is 109 Å². The maximum absolute atomic E-state index is 13.8. The number of fused-ring (bicyclic) bond motifs is 1. The van der Waals surface area contributed by atoms with Gasteiger partial charge in [0, 0.05) is 30.9 Å². The van der Waals surface area contributed by atoms with Crippen molar-refractivity contribution in [2.24, 2.45) is 5.73 Å². The lowest BCUT2D eigenvalue weighted by Gasteiger charge is -2.25. The predicted octanol–water partition coefficient (Wildman–Crippen LogP) is 2.38. The molecule has 0 spiro atoms. The second kappa shape index (κ2) is 4.59. The molecule has 0 fully saturated rings. The number of pyridine rings is 1. The zero-order chi connectivity index (χ0) is 13.4. The Balaban J connectivity index is 2.06. The van der Waals surface area contributed by atoms with E-state index in [0.29, 0.717) is 24.2 Å². The van der Waals surface area contributed by atoms with E-state index in [1.54, 1.807) is 12.4 Å². The maximum Gasteiger partial charge on any atom is 0.131 e. The fourth-order valence-corrected chi connectivity index (χ4v) is 2.59. The highest BCUT2D eigenvalue weighted by Crippen LogP contribution is 2.38. The second-order valence-corrected chi connectivity index (χ2v) is 4.55. The number of benzene rings is 1. The quantitative estimate of drug-likeness (QED) is 0.902. The van der Waals surface area contributed by atoms with Gasteiger partial charge in [0.2, 0.25) is 0 Å². The first-order valence-electron chi connectivity index (χ1n) is 6.05. The van der Waals surface area contributed by atoms with E-state index in [1.165, 1.54) is 6.07 Å². The number of hydrogen-bond donors (Lipinski definition) is 1. The average molecular weight is 261 g/mol. The van der Waals surface area contributed by atoms with Gasteiger partial charge in [-0.2, -0.15) is 0 Å². The first-order valence-corrected chi connectivity index (χ1v) is 6.05. The van der Waals surface area contributed by atoms with Gasteiger partial charge in [-0.15, -0.1) is 0 Å². The van der Waals surface area contributed by atoms with Crippen LogP contribution in [0.1, 0.15) is 17.2 Å². The van der Waals surface area contributed by atoms with Gasteiger partial charge in [-0.25, -0.2) is 8.78 Å². The Morgan fingerprint density at radius 2 is 2.21 bits per heavy atom. The molecule has 2 N–H and O–H groups in total. The van der Waals surface area contributed by atoms with Crippen LogP contribution < -0.4 is 10.6 Å². The van der Waals surface area contributed by atoms with E-state index in [-0.39, 0.29) is 6.04 Å². The van der Waals surface area contributed by atoms with Crippen molar-refractivity contribution in [2.45, 2.75) is 12.6 Å². The number of aromatic nitrogens is 1. The SMILES string of the molecule is NCC1c2cc(F)cc(F)c2CN1c1cccnc1. The van der Waals surface area contributed by atoms with Crippen LogP contribution in [-0.4, -0.2) is 11.5 Å². The molecule has 1 aliphatic heterocycles. The van der Waals surface area contributed by atoms with Gasteiger partial charge < -0.3 is 10.6 Å². The van der Waals surface area contributed by atoms with Gasteiger partial charge in [0.25, 0.3) is 0 Å². The van der Waals surface area contributed by atoms with Gasteiger partial charge >= 0.3 is 0 Å². The van der Waals surface area contributed by atoms with E-state index in [1.807, 2.05) is 17.0 Å². The molecule has 19 heavy (non-hydrogen) atoms. The van der Waals surface area contributed by atoms with E-state index < -0.39 is 11.6 Å². The predicted molar refractivity (Wildman–Crippen MR) is 68.6 cm³/mol. The third-order valence-electron chi connectivity index (χ3n) is 3.46.